The Morgan fingerprint density at radius 2 is 1.58 bits per heavy atom. The van der Waals surface area contributed by atoms with Crippen molar-refractivity contribution in [3.63, 3.8) is 0 Å². The molecular formula is C33H56O3. The fourth-order valence-corrected chi connectivity index (χ4v) is 11.5. The Bertz CT molecular complexity index is 905. The Hall–Kier alpha value is -0.380. The van der Waals surface area contributed by atoms with Gasteiger partial charge in [-0.15, -0.1) is 0 Å². The molecule has 3 nitrogen and oxygen atoms in total. The van der Waals surface area contributed by atoms with Gasteiger partial charge in [-0.1, -0.05) is 60.1 Å². The van der Waals surface area contributed by atoms with Gasteiger partial charge < -0.3 is 14.9 Å². The minimum Gasteiger partial charge on any atom is -0.393 e. The molecule has 4 saturated carbocycles. The summed E-state index contributed by atoms with van der Waals surface area (Å²) in [7, 11) is 0. The topological polar surface area (TPSA) is 49.7 Å². The molecular weight excluding hydrogens is 444 g/mol. The van der Waals surface area contributed by atoms with Crippen LogP contribution < -0.4 is 0 Å². The lowest BCUT2D eigenvalue weighted by Gasteiger charge is -2.72. The van der Waals surface area contributed by atoms with E-state index >= 15 is 0 Å². The molecule has 3 heteroatoms. The van der Waals surface area contributed by atoms with Gasteiger partial charge in [-0.3, -0.25) is 0 Å². The van der Waals surface area contributed by atoms with E-state index in [0.29, 0.717) is 29.8 Å². The van der Waals surface area contributed by atoms with E-state index < -0.39 is 0 Å². The third-order valence-electron chi connectivity index (χ3n) is 13.9. The second-order valence-electron chi connectivity index (χ2n) is 16.0. The molecule has 0 heterocycles. The molecule has 0 aromatic rings. The van der Waals surface area contributed by atoms with Crippen LogP contribution in [0, 0.1) is 50.2 Å². The number of ether oxygens (including phenoxy) is 1. The number of rotatable bonds is 3. The Labute approximate surface area is 221 Å². The molecule has 36 heavy (non-hydrogen) atoms. The van der Waals surface area contributed by atoms with Crippen molar-refractivity contribution in [1.29, 1.82) is 0 Å². The summed E-state index contributed by atoms with van der Waals surface area (Å²) in [5.74, 6) is 1.55. The van der Waals surface area contributed by atoms with Crippen molar-refractivity contribution in [2.45, 2.75) is 138 Å². The second kappa shape index (κ2) is 8.31. The first kappa shape index (κ1) is 27.2. The fourth-order valence-electron chi connectivity index (χ4n) is 11.5. The highest BCUT2D eigenvalue weighted by Gasteiger charge is 2.70. The van der Waals surface area contributed by atoms with E-state index in [1.54, 1.807) is 5.57 Å². The van der Waals surface area contributed by atoms with Crippen LogP contribution in [0.4, 0.5) is 0 Å². The number of hydrogen-bond acceptors (Lipinski definition) is 3. The van der Waals surface area contributed by atoms with Gasteiger partial charge >= 0.3 is 0 Å². The monoisotopic (exact) mass is 500 g/mol. The van der Waals surface area contributed by atoms with Gasteiger partial charge in [0.1, 0.15) is 0 Å². The fraction of sp³-hybridized carbons (Fsp3) is 0.939. The average molecular weight is 501 g/mol. The first-order valence-corrected chi connectivity index (χ1v) is 15.3. The summed E-state index contributed by atoms with van der Waals surface area (Å²) < 4.78 is 6.33. The molecule has 5 rings (SSSR count). The van der Waals surface area contributed by atoms with Crippen molar-refractivity contribution in [1.82, 2.24) is 0 Å². The van der Waals surface area contributed by atoms with Crippen LogP contribution in [0.3, 0.4) is 0 Å². The van der Waals surface area contributed by atoms with Gasteiger partial charge in [0.25, 0.3) is 0 Å². The number of allylic oxidation sites excluding steroid dienone is 2. The molecule has 1 unspecified atom stereocenters. The summed E-state index contributed by atoms with van der Waals surface area (Å²) in [5, 5.41) is 23.2. The van der Waals surface area contributed by atoms with E-state index in [4.69, 9.17) is 4.74 Å². The lowest BCUT2D eigenvalue weighted by Crippen LogP contribution is -2.67. The van der Waals surface area contributed by atoms with Gasteiger partial charge in [-0.2, -0.15) is 0 Å². The Morgan fingerprint density at radius 1 is 0.889 bits per heavy atom. The van der Waals surface area contributed by atoms with Crippen LogP contribution >= 0.6 is 0 Å². The largest absolute Gasteiger partial charge is 0.393 e. The first-order valence-electron chi connectivity index (χ1n) is 15.3. The zero-order valence-corrected chi connectivity index (χ0v) is 24.9. The predicted octanol–water partition coefficient (Wildman–Crippen LogP) is 7.54. The predicted molar refractivity (Wildman–Crippen MR) is 148 cm³/mol. The van der Waals surface area contributed by atoms with Gasteiger partial charge in [0.2, 0.25) is 0 Å². The van der Waals surface area contributed by atoms with E-state index in [1.807, 2.05) is 0 Å². The van der Waals surface area contributed by atoms with Gasteiger partial charge in [0.15, 0.2) is 0 Å². The van der Waals surface area contributed by atoms with Gasteiger partial charge in [0, 0.05) is 12.0 Å². The Balaban J connectivity index is 1.61. The van der Waals surface area contributed by atoms with Crippen LogP contribution in [0.2, 0.25) is 0 Å². The summed E-state index contributed by atoms with van der Waals surface area (Å²) in [5.41, 5.74) is 2.19. The van der Waals surface area contributed by atoms with E-state index in [0.717, 1.165) is 38.5 Å². The second-order valence-corrected chi connectivity index (χ2v) is 16.0. The van der Waals surface area contributed by atoms with Crippen LogP contribution in [0.15, 0.2) is 11.6 Å². The number of aliphatic hydroxyl groups excluding tert-OH is 2. The minimum atomic E-state index is -0.326. The van der Waals surface area contributed by atoms with Gasteiger partial charge in [0.05, 0.1) is 18.3 Å². The van der Waals surface area contributed by atoms with Crippen LogP contribution in [-0.4, -0.2) is 35.1 Å². The molecule has 2 N–H and O–H groups in total. The van der Waals surface area contributed by atoms with E-state index in [1.165, 1.54) is 19.3 Å². The third kappa shape index (κ3) is 3.33. The SMILES string of the molecule is CCOC(C)[C@]12CCC(C)(C)C[C@H]1C1=CC[C@@H]3[C@@]4(C)CC[C@H](O)C(C)(C)[C@@H]4CC[C@@]3(C)[C@]1(C)C[C@@H]2O. The molecule has 5 aliphatic carbocycles. The number of fused-ring (bicyclic) bond motifs is 7. The molecule has 4 fully saturated rings. The van der Waals surface area contributed by atoms with Crippen LogP contribution in [0.25, 0.3) is 0 Å². The van der Waals surface area contributed by atoms with E-state index in [-0.39, 0.29) is 45.4 Å². The van der Waals surface area contributed by atoms with Crippen molar-refractivity contribution in [3.05, 3.63) is 11.6 Å². The maximum atomic E-state index is 12.2. The van der Waals surface area contributed by atoms with Crippen molar-refractivity contribution in [2.75, 3.05) is 6.61 Å². The lowest BCUT2D eigenvalue weighted by molar-refractivity contribution is -0.228. The molecule has 0 radical (unpaired) electrons. The summed E-state index contributed by atoms with van der Waals surface area (Å²) in [6.07, 6.45) is 12.1. The maximum absolute atomic E-state index is 12.2. The Kier molecular flexibility index (Phi) is 6.28. The summed E-state index contributed by atoms with van der Waals surface area (Å²) >= 11 is 0. The normalized spacial score (nSPS) is 52.2. The number of hydrogen-bond donors (Lipinski definition) is 2. The Morgan fingerprint density at radius 3 is 2.25 bits per heavy atom. The molecule has 0 saturated heterocycles. The molecule has 206 valence electrons. The minimum absolute atomic E-state index is 0.0110. The lowest BCUT2D eigenvalue weighted by atomic mass is 9.33. The molecule has 10 atom stereocenters. The van der Waals surface area contributed by atoms with Crippen molar-refractivity contribution >= 4 is 0 Å². The van der Waals surface area contributed by atoms with E-state index in [9.17, 15) is 10.2 Å². The quantitative estimate of drug-likeness (QED) is 0.393. The summed E-state index contributed by atoms with van der Waals surface area (Å²) in [6, 6.07) is 0. The van der Waals surface area contributed by atoms with Crippen LogP contribution in [-0.2, 0) is 4.74 Å². The molecule has 0 spiro atoms. The number of aliphatic hydroxyl groups is 2. The van der Waals surface area contributed by atoms with Crippen LogP contribution in [0.1, 0.15) is 120 Å². The summed E-state index contributed by atoms with van der Waals surface area (Å²) in [4.78, 5) is 0. The van der Waals surface area contributed by atoms with Crippen molar-refractivity contribution < 1.29 is 14.9 Å². The van der Waals surface area contributed by atoms with Crippen LogP contribution in [0.5, 0.6) is 0 Å². The molecule has 0 bridgehead atoms. The molecule has 0 aromatic carbocycles. The first-order chi connectivity index (χ1) is 16.6. The highest BCUT2D eigenvalue weighted by atomic mass is 16.5. The van der Waals surface area contributed by atoms with E-state index in [2.05, 4.69) is 68.4 Å². The average Bonchev–Trinajstić information content (AvgIpc) is 2.77. The van der Waals surface area contributed by atoms with Gasteiger partial charge in [-0.25, -0.2) is 0 Å². The summed E-state index contributed by atoms with van der Waals surface area (Å²) in [6.45, 7) is 22.3. The standard InChI is InChI=1S/C33H56O3/c1-10-36-21(2)33-18-17-28(3,4)19-23(33)22-11-12-25-30(7)15-14-26(34)29(5,6)24(30)13-16-31(25,8)32(22,9)20-27(33)35/h11,21,23-27,34-35H,10,12-20H2,1-9H3/t21?,23-,24-,25+,26-,27-,30-,31+,32+,33+/m0/s1. The molecule has 0 amide bonds. The zero-order chi connectivity index (χ0) is 26.5. The highest BCUT2D eigenvalue weighted by molar-refractivity contribution is 5.35. The highest BCUT2D eigenvalue weighted by Crippen LogP contribution is 2.76. The smallest absolute Gasteiger partial charge is 0.0635 e. The third-order valence-corrected chi connectivity index (χ3v) is 13.9. The van der Waals surface area contributed by atoms with Gasteiger partial charge in [-0.05, 0) is 116 Å². The van der Waals surface area contributed by atoms with Crippen molar-refractivity contribution in [3.8, 4) is 0 Å². The molecule has 5 aliphatic rings. The maximum Gasteiger partial charge on any atom is 0.0635 e. The molecule has 0 aliphatic heterocycles. The molecule has 0 aromatic heterocycles. The van der Waals surface area contributed by atoms with Crippen molar-refractivity contribution in [2.24, 2.45) is 50.2 Å². The zero-order valence-electron chi connectivity index (χ0n) is 24.9.